The molecule has 170 valence electrons. The number of aryl methyl sites for hydroxylation is 1. The van der Waals surface area contributed by atoms with Crippen LogP contribution in [0.1, 0.15) is 32.5 Å². The van der Waals surface area contributed by atoms with Gasteiger partial charge in [0.1, 0.15) is 12.2 Å². The van der Waals surface area contributed by atoms with Crippen LogP contribution in [0.25, 0.3) is 0 Å². The van der Waals surface area contributed by atoms with Crippen molar-refractivity contribution in [2.45, 2.75) is 44.6 Å². The molecule has 10 heteroatoms. The van der Waals surface area contributed by atoms with Crippen molar-refractivity contribution in [3.63, 3.8) is 0 Å². The first-order chi connectivity index (χ1) is 15.0. The molecule has 9 nitrogen and oxygen atoms in total. The maximum Gasteiger partial charge on any atom is 0.243 e. The van der Waals surface area contributed by atoms with Crippen LogP contribution < -0.4 is 10.6 Å². The lowest BCUT2D eigenvalue weighted by molar-refractivity contribution is 0.278. The molecule has 0 atom stereocenters. The number of benzene rings is 1. The second kappa shape index (κ2) is 11.2. The first-order valence-electron chi connectivity index (χ1n) is 11.0. The Morgan fingerprint density at radius 3 is 2.58 bits per heavy atom. The Bertz CT molecular complexity index is 936. The van der Waals surface area contributed by atoms with Crippen molar-refractivity contribution in [2.75, 3.05) is 32.7 Å². The van der Waals surface area contributed by atoms with E-state index in [9.17, 15) is 8.42 Å². The smallest absolute Gasteiger partial charge is 0.243 e. The highest BCUT2D eigenvalue weighted by atomic mass is 32.2. The lowest BCUT2D eigenvalue weighted by Gasteiger charge is -2.30. The van der Waals surface area contributed by atoms with Gasteiger partial charge in [-0.3, -0.25) is 4.99 Å². The fourth-order valence-electron chi connectivity index (χ4n) is 3.67. The number of nitrogens with one attached hydrogen (secondary N) is 2. The van der Waals surface area contributed by atoms with Crippen molar-refractivity contribution in [2.24, 2.45) is 10.9 Å². The molecule has 1 aliphatic rings. The Morgan fingerprint density at radius 2 is 1.90 bits per heavy atom. The van der Waals surface area contributed by atoms with Gasteiger partial charge in [0.15, 0.2) is 5.96 Å². The molecule has 2 N–H and O–H groups in total. The SMILES string of the molecule is CCNC(=NCC1CCN(S(=O)(=O)c2ccccc2)CC1)NCCn1cnnc1CC. The molecule has 1 fully saturated rings. The highest BCUT2D eigenvalue weighted by molar-refractivity contribution is 7.89. The average molecular weight is 448 g/mol. The molecule has 0 unspecified atom stereocenters. The van der Waals surface area contributed by atoms with Gasteiger partial charge in [0.2, 0.25) is 10.0 Å². The first kappa shape index (κ1) is 23.2. The van der Waals surface area contributed by atoms with Crippen LogP contribution in [-0.2, 0) is 23.0 Å². The van der Waals surface area contributed by atoms with Crippen molar-refractivity contribution in [1.82, 2.24) is 29.7 Å². The van der Waals surface area contributed by atoms with E-state index in [0.717, 1.165) is 50.7 Å². The van der Waals surface area contributed by atoms with Gasteiger partial charge in [-0.1, -0.05) is 25.1 Å². The lowest BCUT2D eigenvalue weighted by atomic mass is 9.98. The van der Waals surface area contributed by atoms with E-state index in [-0.39, 0.29) is 0 Å². The number of hydrogen-bond acceptors (Lipinski definition) is 5. The second-order valence-corrected chi connectivity index (χ2v) is 9.54. The van der Waals surface area contributed by atoms with E-state index in [1.807, 2.05) is 17.6 Å². The number of hydrogen-bond donors (Lipinski definition) is 2. The zero-order valence-electron chi connectivity index (χ0n) is 18.4. The topological polar surface area (TPSA) is 105 Å². The van der Waals surface area contributed by atoms with Crippen LogP contribution in [0.5, 0.6) is 0 Å². The highest BCUT2D eigenvalue weighted by Gasteiger charge is 2.29. The van der Waals surface area contributed by atoms with Crippen molar-refractivity contribution in [3.8, 4) is 0 Å². The number of piperidine rings is 1. The third kappa shape index (κ3) is 6.27. The molecule has 1 aromatic heterocycles. The third-order valence-electron chi connectivity index (χ3n) is 5.46. The average Bonchev–Trinajstić information content (AvgIpc) is 3.26. The van der Waals surface area contributed by atoms with E-state index in [2.05, 4.69) is 27.8 Å². The summed E-state index contributed by atoms with van der Waals surface area (Å²) in [6.45, 7) is 8.15. The van der Waals surface area contributed by atoms with Crippen molar-refractivity contribution in [1.29, 1.82) is 0 Å². The summed E-state index contributed by atoms with van der Waals surface area (Å²) in [5, 5.41) is 14.7. The minimum Gasteiger partial charge on any atom is -0.357 e. The maximum absolute atomic E-state index is 12.8. The summed E-state index contributed by atoms with van der Waals surface area (Å²) in [7, 11) is -3.40. The standard InChI is InChI=1S/C21H33N7O2S/c1-3-20-26-25-17-27(20)15-12-23-21(22-4-2)24-16-18-10-13-28(14-11-18)31(29,30)19-8-6-5-7-9-19/h5-9,17-18H,3-4,10-16H2,1-2H3,(H2,22,23,24). The van der Waals surface area contributed by atoms with Gasteiger partial charge in [0, 0.05) is 45.7 Å². The predicted octanol–water partition coefficient (Wildman–Crippen LogP) is 1.50. The Hall–Kier alpha value is -2.46. The molecule has 0 amide bonds. The molecule has 0 aliphatic carbocycles. The summed E-state index contributed by atoms with van der Waals surface area (Å²) < 4.78 is 29.2. The molecule has 0 spiro atoms. The summed E-state index contributed by atoms with van der Waals surface area (Å²) in [4.78, 5) is 5.10. The van der Waals surface area contributed by atoms with Gasteiger partial charge in [-0.15, -0.1) is 10.2 Å². The summed E-state index contributed by atoms with van der Waals surface area (Å²) in [5.41, 5.74) is 0. The molecular formula is C21H33N7O2S. The van der Waals surface area contributed by atoms with E-state index in [1.165, 1.54) is 0 Å². The van der Waals surface area contributed by atoms with Crippen LogP contribution in [0, 0.1) is 5.92 Å². The second-order valence-electron chi connectivity index (χ2n) is 7.60. The van der Waals surface area contributed by atoms with Gasteiger partial charge in [0.25, 0.3) is 0 Å². The van der Waals surface area contributed by atoms with Gasteiger partial charge in [-0.2, -0.15) is 4.31 Å². The molecule has 3 rings (SSSR count). The lowest BCUT2D eigenvalue weighted by Crippen LogP contribution is -2.41. The number of guanidine groups is 1. The van der Waals surface area contributed by atoms with E-state index in [1.54, 1.807) is 34.9 Å². The fraction of sp³-hybridized carbons (Fsp3) is 0.571. The van der Waals surface area contributed by atoms with Gasteiger partial charge in [-0.05, 0) is 37.8 Å². The monoisotopic (exact) mass is 447 g/mol. The number of aliphatic imine (C=N–C) groups is 1. The van der Waals surface area contributed by atoms with Crippen LogP contribution >= 0.6 is 0 Å². The van der Waals surface area contributed by atoms with Crippen molar-refractivity contribution >= 4 is 16.0 Å². The Kier molecular flexibility index (Phi) is 8.42. The van der Waals surface area contributed by atoms with E-state index < -0.39 is 10.0 Å². The van der Waals surface area contributed by atoms with E-state index in [0.29, 0.717) is 30.4 Å². The molecular weight excluding hydrogens is 414 g/mol. The van der Waals surface area contributed by atoms with Gasteiger partial charge in [-0.25, -0.2) is 8.42 Å². The predicted molar refractivity (Wildman–Crippen MR) is 121 cm³/mol. The molecule has 0 radical (unpaired) electrons. The van der Waals surface area contributed by atoms with Gasteiger partial charge >= 0.3 is 0 Å². The molecule has 1 aromatic carbocycles. The molecule has 2 heterocycles. The first-order valence-corrected chi connectivity index (χ1v) is 12.4. The Balaban J connectivity index is 1.48. The summed E-state index contributed by atoms with van der Waals surface area (Å²) in [6.07, 6.45) is 4.24. The molecule has 0 bridgehead atoms. The minimum atomic E-state index is -3.40. The van der Waals surface area contributed by atoms with Crippen LogP contribution in [-0.4, -0.2) is 66.2 Å². The summed E-state index contributed by atoms with van der Waals surface area (Å²) in [6, 6.07) is 8.66. The van der Waals surface area contributed by atoms with Gasteiger partial charge < -0.3 is 15.2 Å². The van der Waals surface area contributed by atoms with Crippen LogP contribution in [0.15, 0.2) is 46.5 Å². The molecule has 2 aromatic rings. The van der Waals surface area contributed by atoms with Gasteiger partial charge in [0.05, 0.1) is 4.90 Å². The Morgan fingerprint density at radius 1 is 1.16 bits per heavy atom. The number of aromatic nitrogens is 3. The normalized spacial score (nSPS) is 16.4. The molecule has 1 aliphatic heterocycles. The number of rotatable bonds is 9. The van der Waals surface area contributed by atoms with Crippen molar-refractivity contribution in [3.05, 3.63) is 42.5 Å². The molecule has 31 heavy (non-hydrogen) atoms. The summed E-state index contributed by atoms with van der Waals surface area (Å²) >= 11 is 0. The van der Waals surface area contributed by atoms with Crippen LogP contribution in [0.2, 0.25) is 0 Å². The zero-order valence-corrected chi connectivity index (χ0v) is 19.2. The number of sulfonamides is 1. The fourth-order valence-corrected chi connectivity index (χ4v) is 5.16. The summed E-state index contributed by atoms with van der Waals surface area (Å²) in [5.74, 6) is 2.14. The van der Waals surface area contributed by atoms with Crippen LogP contribution in [0.4, 0.5) is 0 Å². The maximum atomic E-state index is 12.8. The minimum absolute atomic E-state index is 0.365. The zero-order chi connectivity index (χ0) is 22.1. The largest absolute Gasteiger partial charge is 0.357 e. The molecule has 0 saturated carbocycles. The molecule has 1 saturated heterocycles. The highest BCUT2D eigenvalue weighted by Crippen LogP contribution is 2.23. The van der Waals surface area contributed by atoms with E-state index >= 15 is 0 Å². The quantitative estimate of drug-likeness (QED) is 0.446. The Labute approximate surface area is 185 Å². The van der Waals surface area contributed by atoms with E-state index in [4.69, 9.17) is 4.99 Å². The van der Waals surface area contributed by atoms with Crippen LogP contribution in [0.3, 0.4) is 0 Å². The number of nitrogens with zero attached hydrogens (tertiary/aromatic N) is 5. The van der Waals surface area contributed by atoms with Crippen molar-refractivity contribution < 1.29 is 8.42 Å². The third-order valence-corrected chi connectivity index (χ3v) is 7.38.